The lowest BCUT2D eigenvalue weighted by atomic mass is 10.1. The molecule has 0 heterocycles. The second-order valence-corrected chi connectivity index (χ2v) is 5.91. The first-order valence-corrected chi connectivity index (χ1v) is 8.20. The maximum absolute atomic E-state index is 12.4. The minimum Gasteiger partial charge on any atom is -0.497 e. The molecule has 0 aromatic heterocycles. The van der Waals surface area contributed by atoms with Crippen molar-refractivity contribution >= 4 is 5.91 Å². The zero-order chi connectivity index (χ0) is 18.4. The van der Waals surface area contributed by atoms with E-state index in [4.69, 9.17) is 14.2 Å². The van der Waals surface area contributed by atoms with Gasteiger partial charge in [-0.2, -0.15) is 0 Å². The van der Waals surface area contributed by atoms with Crippen LogP contribution in [0.2, 0.25) is 0 Å². The molecule has 0 bridgehead atoms. The quantitative estimate of drug-likeness (QED) is 0.834. The Bertz CT molecular complexity index is 712. The van der Waals surface area contributed by atoms with Gasteiger partial charge in [-0.1, -0.05) is 17.7 Å². The zero-order valence-electron chi connectivity index (χ0n) is 15.3. The predicted molar refractivity (Wildman–Crippen MR) is 97.4 cm³/mol. The molecule has 0 spiro atoms. The van der Waals surface area contributed by atoms with Gasteiger partial charge in [-0.05, 0) is 51.1 Å². The molecule has 0 aliphatic heterocycles. The summed E-state index contributed by atoms with van der Waals surface area (Å²) in [4.78, 5) is 12.4. The summed E-state index contributed by atoms with van der Waals surface area (Å²) in [6, 6.07) is 12.9. The van der Waals surface area contributed by atoms with E-state index in [1.807, 2.05) is 56.3 Å². The van der Waals surface area contributed by atoms with Gasteiger partial charge in [0.15, 0.2) is 6.10 Å². The summed E-state index contributed by atoms with van der Waals surface area (Å²) in [6.45, 7) is 5.63. The highest BCUT2D eigenvalue weighted by Crippen LogP contribution is 2.29. The van der Waals surface area contributed by atoms with Gasteiger partial charge in [-0.15, -0.1) is 0 Å². The third-order valence-corrected chi connectivity index (χ3v) is 3.97. The molecule has 5 heteroatoms. The second kappa shape index (κ2) is 8.42. The number of ether oxygens (including phenoxy) is 3. The van der Waals surface area contributed by atoms with E-state index in [1.165, 1.54) is 0 Å². The Labute approximate surface area is 148 Å². The highest BCUT2D eigenvalue weighted by atomic mass is 16.5. The fourth-order valence-electron chi connectivity index (χ4n) is 2.46. The molecule has 1 N–H and O–H groups in total. The van der Waals surface area contributed by atoms with Crippen molar-refractivity contribution < 1.29 is 19.0 Å². The molecule has 5 nitrogen and oxygen atoms in total. The van der Waals surface area contributed by atoms with Crippen LogP contribution in [0, 0.1) is 6.92 Å². The van der Waals surface area contributed by atoms with Gasteiger partial charge in [0.2, 0.25) is 0 Å². The summed E-state index contributed by atoms with van der Waals surface area (Å²) >= 11 is 0. The van der Waals surface area contributed by atoms with Gasteiger partial charge in [0, 0.05) is 5.56 Å². The molecule has 0 unspecified atom stereocenters. The van der Waals surface area contributed by atoms with Crippen LogP contribution >= 0.6 is 0 Å². The van der Waals surface area contributed by atoms with Crippen molar-refractivity contribution in [3.05, 3.63) is 53.6 Å². The number of rotatable bonds is 7. The van der Waals surface area contributed by atoms with Gasteiger partial charge < -0.3 is 19.5 Å². The molecule has 2 aromatic rings. The van der Waals surface area contributed by atoms with Crippen molar-refractivity contribution in [1.29, 1.82) is 0 Å². The van der Waals surface area contributed by atoms with Crippen LogP contribution in [0.15, 0.2) is 42.5 Å². The van der Waals surface area contributed by atoms with Crippen LogP contribution in [0.4, 0.5) is 0 Å². The van der Waals surface area contributed by atoms with E-state index in [0.29, 0.717) is 17.2 Å². The largest absolute Gasteiger partial charge is 0.497 e. The van der Waals surface area contributed by atoms with E-state index in [2.05, 4.69) is 5.32 Å². The average Bonchev–Trinajstić information content (AvgIpc) is 2.62. The van der Waals surface area contributed by atoms with Crippen LogP contribution in [0.5, 0.6) is 17.2 Å². The van der Waals surface area contributed by atoms with Crippen molar-refractivity contribution in [2.75, 3.05) is 14.2 Å². The van der Waals surface area contributed by atoms with Crippen LogP contribution in [-0.4, -0.2) is 26.2 Å². The third kappa shape index (κ3) is 4.89. The number of aryl methyl sites for hydroxylation is 1. The molecule has 1 amide bonds. The number of hydrogen-bond donors (Lipinski definition) is 1. The molecule has 0 radical (unpaired) electrons. The Kier molecular flexibility index (Phi) is 6.28. The topological polar surface area (TPSA) is 56.8 Å². The Hall–Kier alpha value is -2.69. The van der Waals surface area contributed by atoms with Crippen molar-refractivity contribution in [2.24, 2.45) is 0 Å². The van der Waals surface area contributed by atoms with Crippen LogP contribution in [-0.2, 0) is 4.79 Å². The lowest BCUT2D eigenvalue weighted by Crippen LogP contribution is -2.37. The molecule has 0 saturated carbocycles. The number of carbonyl (C=O) groups excluding carboxylic acids is 1. The number of nitrogens with one attached hydrogen (secondary N) is 1. The van der Waals surface area contributed by atoms with E-state index in [-0.39, 0.29) is 11.9 Å². The molecular formula is C20H25NO4. The van der Waals surface area contributed by atoms with Crippen LogP contribution in [0.25, 0.3) is 0 Å². The lowest BCUT2D eigenvalue weighted by Gasteiger charge is -2.21. The van der Waals surface area contributed by atoms with Gasteiger partial charge in [0.25, 0.3) is 5.91 Å². The molecule has 2 aromatic carbocycles. The summed E-state index contributed by atoms with van der Waals surface area (Å²) < 4.78 is 16.3. The van der Waals surface area contributed by atoms with Crippen LogP contribution in [0.1, 0.15) is 31.0 Å². The number of hydrogen-bond acceptors (Lipinski definition) is 4. The summed E-state index contributed by atoms with van der Waals surface area (Å²) in [7, 11) is 3.20. The molecule has 0 saturated heterocycles. The van der Waals surface area contributed by atoms with Crippen molar-refractivity contribution in [1.82, 2.24) is 5.32 Å². The number of amides is 1. The first kappa shape index (κ1) is 18.6. The Morgan fingerprint density at radius 2 is 1.60 bits per heavy atom. The van der Waals surface area contributed by atoms with E-state index in [9.17, 15) is 4.79 Å². The zero-order valence-corrected chi connectivity index (χ0v) is 15.3. The SMILES string of the molecule is COc1ccc(OC)c([C@H](C)NC(=O)[C@@H](C)Oc2ccc(C)cc2)c1. The summed E-state index contributed by atoms with van der Waals surface area (Å²) in [5.41, 5.74) is 1.99. The Balaban J connectivity index is 2.05. The first-order valence-electron chi connectivity index (χ1n) is 8.20. The Morgan fingerprint density at radius 3 is 2.20 bits per heavy atom. The van der Waals surface area contributed by atoms with Gasteiger partial charge >= 0.3 is 0 Å². The van der Waals surface area contributed by atoms with Gasteiger partial charge in [0.05, 0.1) is 20.3 Å². The Morgan fingerprint density at radius 1 is 0.960 bits per heavy atom. The smallest absolute Gasteiger partial charge is 0.261 e. The molecule has 2 rings (SSSR count). The maximum Gasteiger partial charge on any atom is 0.261 e. The summed E-state index contributed by atoms with van der Waals surface area (Å²) in [5.74, 6) is 1.87. The number of methoxy groups -OCH3 is 2. The monoisotopic (exact) mass is 343 g/mol. The fourth-order valence-corrected chi connectivity index (χ4v) is 2.46. The molecule has 0 aliphatic carbocycles. The van der Waals surface area contributed by atoms with Gasteiger partial charge in [0.1, 0.15) is 17.2 Å². The van der Waals surface area contributed by atoms with Crippen LogP contribution < -0.4 is 19.5 Å². The van der Waals surface area contributed by atoms with Gasteiger partial charge in [-0.3, -0.25) is 4.79 Å². The number of carbonyl (C=O) groups is 1. The van der Waals surface area contributed by atoms with E-state index >= 15 is 0 Å². The summed E-state index contributed by atoms with van der Waals surface area (Å²) in [6.07, 6.45) is -0.609. The normalized spacial score (nSPS) is 12.8. The third-order valence-electron chi connectivity index (χ3n) is 3.97. The number of benzene rings is 2. The van der Waals surface area contributed by atoms with E-state index < -0.39 is 6.10 Å². The second-order valence-electron chi connectivity index (χ2n) is 5.91. The van der Waals surface area contributed by atoms with Crippen LogP contribution in [0.3, 0.4) is 0 Å². The minimum absolute atomic E-state index is 0.196. The summed E-state index contributed by atoms with van der Waals surface area (Å²) in [5, 5.41) is 2.95. The van der Waals surface area contributed by atoms with E-state index in [1.54, 1.807) is 21.1 Å². The minimum atomic E-state index is -0.609. The fraction of sp³-hybridized carbons (Fsp3) is 0.350. The maximum atomic E-state index is 12.4. The molecule has 25 heavy (non-hydrogen) atoms. The van der Waals surface area contributed by atoms with Crippen molar-refractivity contribution in [2.45, 2.75) is 32.9 Å². The van der Waals surface area contributed by atoms with E-state index in [0.717, 1.165) is 11.1 Å². The first-order chi connectivity index (χ1) is 11.9. The average molecular weight is 343 g/mol. The standard InChI is InChI=1S/C20H25NO4/c1-13-6-8-16(9-7-13)25-15(3)20(22)21-14(2)18-12-17(23-4)10-11-19(18)24-5/h6-12,14-15H,1-5H3,(H,21,22)/t14-,15+/m0/s1. The predicted octanol–water partition coefficient (Wildman–Crippen LogP) is 3.66. The molecular weight excluding hydrogens is 318 g/mol. The lowest BCUT2D eigenvalue weighted by molar-refractivity contribution is -0.127. The highest BCUT2D eigenvalue weighted by Gasteiger charge is 2.20. The molecule has 0 aliphatic rings. The van der Waals surface area contributed by atoms with Gasteiger partial charge in [-0.25, -0.2) is 0 Å². The molecule has 0 fully saturated rings. The highest BCUT2D eigenvalue weighted by molar-refractivity contribution is 5.81. The molecule has 2 atom stereocenters. The van der Waals surface area contributed by atoms with Crippen molar-refractivity contribution in [3.8, 4) is 17.2 Å². The molecule has 134 valence electrons. The van der Waals surface area contributed by atoms with Crippen molar-refractivity contribution in [3.63, 3.8) is 0 Å².